The average molecular weight is 450 g/mol. The number of amides is 2. The van der Waals surface area contributed by atoms with Gasteiger partial charge in [-0.1, -0.05) is 35.9 Å². The third-order valence-electron chi connectivity index (χ3n) is 5.49. The molecule has 0 saturated carbocycles. The van der Waals surface area contributed by atoms with E-state index in [4.69, 9.17) is 0 Å². The number of benzene rings is 3. The van der Waals surface area contributed by atoms with Crippen LogP contribution in [-0.2, 0) is 14.8 Å². The predicted molar refractivity (Wildman–Crippen MR) is 125 cm³/mol. The molecule has 1 heterocycles. The Hall–Kier alpha value is -3.65. The highest BCUT2D eigenvalue weighted by Crippen LogP contribution is 2.32. The molecule has 0 radical (unpaired) electrons. The lowest BCUT2D eigenvalue weighted by Crippen LogP contribution is -2.42. The number of nitrogens with one attached hydrogen (secondary N) is 1. The van der Waals surface area contributed by atoms with E-state index in [-0.39, 0.29) is 23.3 Å². The van der Waals surface area contributed by atoms with Gasteiger partial charge in [0.15, 0.2) is 0 Å². The molecule has 3 aromatic carbocycles. The van der Waals surface area contributed by atoms with Crippen LogP contribution in [0.2, 0.25) is 0 Å². The summed E-state index contributed by atoms with van der Waals surface area (Å²) in [7, 11) is -2.34. The topological polar surface area (TPSA) is 86.8 Å². The molecule has 164 valence electrons. The molecular formula is C24H23N3O4S. The largest absolute Gasteiger partial charge is 0.323 e. The number of carbonyl (C=O) groups is 2. The summed E-state index contributed by atoms with van der Waals surface area (Å²) in [5, 5.41) is 2.76. The van der Waals surface area contributed by atoms with E-state index in [9.17, 15) is 18.0 Å². The number of hydrogen-bond acceptors (Lipinski definition) is 4. The Morgan fingerprint density at radius 1 is 1.00 bits per heavy atom. The van der Waals surface area contributed by atoms with E-state index >= 15 is 0 Å². The lowest BCUT2D eigenvalue weighted by atomic mass is 10.1. The molecule has 0 bridgehead atoms. The Balaban J connectivity index is 1.71. The fraction of sp³-hybridized carbons (Fsp3) is 0.167. The number of nitrogens with zero attached hydrogens (tertiary/aromatic N) is 2. The van der Waals surface area contributed by atoms with Crippen molar-refractivity contribution < 1.29 is 18.0 Å². The smallest absolute Gasteiger partial charge is 0.264 e. The lowest BCUT2D eigenvalue weighted by molar-refractivity contribution is -0.115. The molecular weight excluding hydrogens is 426 g/mol. The molecule has 0 aliphatic carbocycles. The number of para-hydroxylation sites is 2. The van der Waals surface area contributed by atoms with Gasteiger partial charge in [0.2, 0.25) is 5.91 Å². The fourth-order valence-electron chi connectivity index (χ4n) is 3.65. The number of sulfonamides is 1. The molecule has 8 heteroatoms. The highest BCUT2D eigenvalue weighted by atomic mass is 32.2. The van der Waals surface area contributed by atoms with Gasteiger partial charge in [0.1, 0.15) is 6.54 Å². The van der Waals surface area contributed by atoms with Crippen molar-refractivity contribution in [1.29, 1.82) is 0 Å². The Morgan fingerprint density at radius 3 is 2.41 bits per heavy atom. The summed E-state index contributed by atoms with van der Waals surface area (Å²) >= 11 is 0. The molecule has 0 unspecified atom stereocenters. The Morgan fingerprint density at radius 2 is 1.69 bits per heavy atom. The maximum absolute atomic E-state index is 13.3. The number of anilines is 3. The first kappa shape index (κ1) is 21.6. The van der Waals surface area contributed by atoms with Crippen LogP contribution in [0.1, 0.15) is 21.5 Å². The first-order chi connectivity index (χ1) is 15.2. The van der Waals surface area contributed by atoms with Crippen LogP contribution < -0.4 is 14.5 Å². The predicted octanol–water partition coefficient (Wildman–Crippen LogP) is 3.73. The van der Waals surface area contributed by atoms with E-state index in [0.717, 1.165) is 5.56 Å². The third kappa shape index (κ3) is 3.85. The normalized spacial score (nSPS) is 13.3. The van der Waals surface area contributed by atoms with Gasteiger partial charge in [-0.3, -0.25) is 18.8 Å². The molecule has 1 aliphatic heterocycles. The zero-order valence-electron chi connectivity index (χ0n) is 18.0. The van der Waals surface area contributed by atoms with Gasteiger partial charge in [-0.15, -0.1) is 0 Å². The molecule has 32 heavy (non-hydrogen) atoms. The Bertz CT molecular complexity index is 1320. The highest BCUT2D eigenvalue weighted by molar-refractivity contribution is 7.92. The zero-order valence-corrected chi connectivity index (χ0v) is 18.8. The van der Waals surface area contributed by atoms with Gasteiger partial charge >= 0.3 is 0 Å². The molecule has 0 atom stereocenters. The van der Waals surface area contributed by atoms with E-state index in [1.807, 2.05) is 6.92 Å². The number of fused-ring (bicyclic) bond motifs is 1. The van der Waals surface area contributed by atoms with Crippen molar-refractivity contribution in [3.05, 3.63) is 83.4 Å². The molecule has 7 nitrogen and oxygen atoms in total. The molecule has 0 spiro atoms. The van der Waals surface area contributed by atoms with Crippen LogP contribution >= 0.6 is 0 Å². The summed E-state index contributed by atoms with van der Waals surface area (Å²) in [6, 6.07) is 18.6. The average Bonchev–Trinajstić information content (AvgIpc) is 2.78. The van der Waals surface area contributed by atoms with Crippen molar-refractivity contribution in [2.75, 3.05) is 28.1 Å². The van der Waals surface area contributed by atoms with Gasteiger partial charge in [0.05, 0.1) is 22.0 Å². The zero-order chi connectivity index (χ0) is 23.0. The maximum Gasteiger partial charge on any atom is 0.264 e. The number of aryl methyl sites for hydroxylation is 2. The van der Waals surface area contributed by atoms with Crippen LogP contribution in [0.15, 0.2) is 71.6 Å². The van der Waals surface area contributed by atoms with Crippen molar-refractivity contribution in [2.45, 2.75) is 18.7 Å². The SMILES string of the molecule is Cc1ccc(S(=O)(=O)N(C)c2cc(C(=O)N3CC(=O)Nc4ccccc43)ccc2C)cc1. The van der Waals surface area contributed by atoms with Crippen molar-refractivity contribution in [2.24, 2.45) is 0 Å². The van der Waals surface area contributed by atoms with Gasteiger partial charge < -0.3 is 5.32 Å². The van der Waals surface area contributed by atoms with Crippen LogP contribution in [-0.4, -0.2) is 33.8 Å². The summed E-state index contributed by atoms with van der Waals surface area (Å²) in [5.74, 6) is -0.668. The van der Waals surface area contributed by atoms with Crippen molar-refractivity contribution in [3.63, 3.8) is 0 Å². The van der Waals surface area contributed by atoms with Crippen LogP contribution in [0, 0.1) is 13.8 Å². The molecule has 3 aromatic rings. The van der Waals surface area contributed by atoms with Crippen LogP contribution in [0.3, 0.4) is 0 Å². The summed E-state index contributed by atoms with van der Waals surface area (Å²) in [6.45, 7) is 3.56. The van der Waals surface area contributed by atoms with E-state index in [1.54, 1.807) is 73.7 Å². The van der Waals surface area contributed by atoms with Gasteiger partial charge in [-0.25, -0.2) is 8.42 Å². The fourth-order valence-corrected chi connectivity index (χ4v) is 4.90. The van der Waals surface area contributed by atoms with Crippen molar-refractivity contribution >= 4 is 38.9 Å². The van der Waals surface area contributed by atoms with Gasteiger partial charge in [-0.05, 0) is 55.8 Å². The minimum atomic E-state index is -3.81. The van der Waals surface area contributed by atoms with Gasteiger partial charge in [0, 0.05) is 12.6 Å². The monoisotopic (exact) mass is 449 g/mol. The quantitative estimate of drug-likeness (QED) is 0.658. The third-order valence-corrected chi connectivity index (χ3v) is 7.28. The number of rotatable bonds is 4. The lowest BCUT2D eigenvalue weighted by Gasteiger charge is -2.29. The molecule has 0 saturated heterocycles. The summed E-state index contributed by atoms with van der Waals surface area (Å²) < 4.78 is 27.5. The first-order valence-corrected chi connectivity index (χ1v) is 11.5. The minimum Gasteiger partial charge on any atom is -0.323 e. The Kier molecular flexibility index (Phi) is 5.48. The van der Waals surface area contributed by atoms with Crippen molar-refractivity contribution in [3.8, 4) is 0 Å². The molecule has 0 aromatic heterocycles. The molecule has 1 aliphatic rings. The number of hydrogen-bond donors (Lipinski definition) is 1. The van der Waals surface area contributed by atoms with E-state index in [1.165, 1.54) is 16.3 Å². The second kappa shape index (κ2) is 8.12. The molecule has 0 fully saturated rings. The van der Waals surface area contributed by atoms with Crippen LogP contribution in [0.25, 0.3) is 0 Å². The summed E-state index contributed by atoms with van der Waals surface area (Å²) in [4.78, 5) is 27.0. The highest BCUT2D eigenvalue weighted by Gasteiger charge is 2.29. The summed E-state index contributed by atoms with van der Waals surface area (Å²) in [5.41, 5.74) is 3.51. The number of carbonyl (C=O) groups excluding carboxylic acids is 2. The first-order valence-electron chi connectivity index (χ1n) is 10.1. The minimum absolute atomic E-state index is 0.115. The van der Waals surface area contributed by atoms with Crippen molar-refractivity contribution in [1.82, 2.24) is 0 Å². The van der Waals surface area contributed by atoms with Crippen LogP contribution in [0.5, 0.6) is 0 Å². The molecule has 2 amide bonds. The van der Waals surface area contributed by atoms with E-state index in [0.29, 0.717) is 28.2 Å². The van der Waals surface area contributed by atoms with Gasteiger partial charge in [0.25, 0.3) is 15.9 Å². The Labute approximate surface area is 187 Å². The summed E-state index contributed by atoms with van der Waals surface area (Å²) in [6.07, 6.45) is 0. The van der Waals surface area contributed by atoms with Crippen LogP contribution in [0.4, 0.5) is 17.1 Å². The van der Waals surface area contributed by atoms with Gasteiger partial charge in [-0.2, -0.15) is 0 Å². The molecule has 1 N–H and O–H groups in total. The second-order valence-corrected chi connectivity index (χ2v) is 9.71. The standard InChI is InChI=1S/C24H23N3O4S/c1-16-8-12-19(13-9-16)32(30,31)26(3)22-14-18(11-10-17(22)2)24(29)27-15-23(28)25-20-6-4-5-7-21(20)27/h4-14H,15H2,1-3H3,(H,25,28). The molecule has 4 rings (SSSR count). The van der Waals surface area contributed by atoms with E-state index in [2.05, 4.69) is 5.32 Å². The maximum atomic E-state index is 13.3. The second-order valence-electron chi connectivity index (χ2n) is 7.74. The van der Waals surface area contributed by atoms with E-state index < -0.39 is 10.0 Å².